The van der Waals surface area contributed by atoms with Gasteiger partial charge in [-0.25, -0.2) is 0 Å². The lowest BCUT2D eigenvalue weighted by Crippen LogP contribution is -2.36. The Morgan fingerprint density at radius 3 is 2.40 bits per heavy atom. The largest absolute Gasteiger partial charge is 0.299 e. The summed E-state index contributed by atoms with van der Waals surface area (Å²) in [6.45, 7) is 3.89. The molecule has 0 aromatic heterocycles. The van der Waals surface area contributed by atoms with Crippen LogP contribution in [-0.4, -0.2) is 24.5 Å². The molecule has 2 rings (SSSR count). The predicted molar refractivity (Wildman–Crippen MR) is 55.0 cm³/mol. The zero-order valence-corrected chi connectivity index (χ0v) is 9.80. The molecule has 2 fully saturated rings. The zero-order valence-electron chi connectivity index (χ0n) is 8.99. The SMILES string of the molecule is CC1(C)[C@@H]2CC[C@@]1(CS(=O)(=O)O)CC2=O. The Morgan fingerprint density at radius 2 is 2.07 bits per heavy atom. The van der Waals surface area contributed by atoms with E-state index >= 15 is 0 Å². The summed E-state index contributed by atoms with van der Waals surface area (Å²) in [5.41, 5.74) is -0.817. The molecule has 4 nitrogen and oxygen atoms in total. The number of hydrogen-bond donors (Lipinski definition) is 1. The number of fused-ring (bicyclic) bond motifs is 2. The number of hydrogen-bond acceptors (Lipinski definition) is 3. The summed E-state index contributed by atoms with van der Waals surface area (Å²) in [5.74, 6) is -0.121. The third-order valence-corrected chi connectivity index (χ3v) is 5.43. The molecule has 0 heterocycles. The van der Waals surface area contributed by atoms with Crippen molar-refractivity contribution in [1.82, 2.24) is 0 Å². The Morgan fingerprint density at radius 1 is 1.47 bits per heavy atom. The van der Waals surface area contributed by atoms with Crippen molar-refractivity contribution in [2.45, 2.75) is 33.1 Å². The molecule has 15 heavy (non-hydrogen) atoms. The highest BCUT2D eigenvalue weighted by atomic mass is 32.2. The standard InChI is InChI=1S/C10H16O4S/c1-9(2)7-3-4-10(9,5-8(7)11)6-15(12,13)14/h7H,3-6H2,1-2H3,(H,12,13,14)/t7-,10+/m1/s1. The van der Waals surface area contributed by atoms with Crippen LogP contribution in [-0.2, 0) is 14.9 Å². The molecule has 2 saturated carbocycles. The van der Waals surface area contributed by atoms with Crippen molar-refractivity contribution in [3.63, 3.8) is 0 Å². The summed E-state index contributed by atoms with van der Waals surface area (Å²) >= 11 is 0. The molecule has 0 unspecified atom stereocenters. The molecule has 2 bridgehead atoms. The van der Waals surface area contributed by atoms with Crippen LogP contribution in [0.1, 0.15) is 33.1 Å². The first-order valence-corrected chi connectivity index (χ1v) is 6.77. The summed E-state index contributed by atoms with van der Waals surface area (Å²) in [6, 6.07) is 0. The summed E-state index contributed by atoms with van der Waals surface area (Å²) < 4.78 is 31.0. The van der Waals surface area contributed by atoms with Gasteiger partial charge in [0.2, 0.25) is 0 Å². The molecule has 0 amide bonds. The molecule has 0 aliphatic heterocycles. The predicted octanol–water partition coefficient (Wildman–Crippen LogP) is 1.27. The lowest BCUT2D eigenvalue weighted by molar-refractivity contribution is -0.122. The van der Waals surface area contributed by atoms with Crippen LogP contribution in [0.5, 0.6) is 0 Å². The highest BCUT2D eigenvalue weighted by molar-refractivity contribution is 7.85. The van der Waals surface area contributed by atoms with Crippen molar-refractivity contribution >= 4 is 15.9 Å². The second kappa shape index (κ2) is 2.83. The molecule has 1 N–H and O–H groups in total. The third-order valence-electron chi connectivity index (χ3n) is 4.51. The normalized spacial score (nSPS) is 38.6. The topological polar surface area (TPSA) is 71.4 Å². The zero-order chi connectivity index (χ0) is 11.5. The summed E-state index contributed by atoms with van der Waals surface area (Å²) in [6.07, 6.45) is 1.81. The molecule has 2 aliphatic carbocycles. The molecule has 2 atom stereocenters. The number of ketones is 1. The van der Waals surface area contributed by atoms with E-state index in [1.54, 1.807) is 0 Å². The molecular weight excluding hydrogens is 216 g/mol. The van der Waals surface area contributed by atoms with Gasteiger partial charge in [0.1, 0.15) is 5.78 Å². The highest BCUT2D eigenvalue weighted by Crippen LogP contribution is 2.64. The van der Waals surface area contributed by atoms with Crippen LogP contribution in [0.4, 0.5) is 0 Å². The van der Waals surface area contributed by atoms with Crippen molar-refractivity contribution < 1.29 is 17.8 Å². The Bertz CT molecular complexity index is 409. The van der Waals surface area contributed by atoms with E-state index in [4.69, 9.17) is 4.55 Å². The van der Waals surface area contributed by atoms with Gasteiger partial charge in [-0.15, -0.1) is 0 Å². The molecule has 0 radical (unpaired) electrons. The monoisotopic (exact) mass is 232 g/mol. The minimum atomic E-state index is -4.00. The van der Waals surface area contributed by atoms with Crippen LogP contribution >= 0.6 is 0 Å². The van der Waals surface area contributed by atoms with E-state index < -0.39 is 15.5 Å². The fourth-order valence-electron chi connectivity index (χ4n) is 3.47. The first-order chi connectivity index (χ1) is 6.68. The van der Waals surface area contributed by atoms with Gasteiger partial charge in [-0.2, -0.15) is 8.42 Å². The lowest BCUT2D eigenvalue weighted by Gasteiger charge is -2.35. The minimum Gasteiger partial charge on any atom is -0.299 e. The van der Waals surface area contributed by atoms with Gasteiger partial charge in [0, 0.05) is 12.3 Å². The number of carbonyl (C=O) groups excluding carboxylic acids is 1. The Labute approximate surface area is 89.8 Å². The minimum absolute atomic E-state index is 0.0146. The number of Topliss-reactive ketones (excluding diaryl/α,β-unsaturated/α-hetero) is 1. The van der Waals surface area contributed by atoms with Gasteiger partial charge in [-0.05, 0) is 23.7 Å². The van der Waals surface area contributed by atoms with Crippen LogP contribution in [0, 0.1) is 16.7 Å². The average molecular weight is 232 g/mol. The van der Waals surface area contributed by atoms with Crippen molar-refractivity contribution in [2.75, 3.05) is 5.75 Å². The second-order valence-electron chi connectivity index (χ2n) is 5.46. The van der Waals surface area contributed by atoms with E-state index in [0.717, 1.165) is 12.8 Å². The van der Waals surface area contributed by atoms with Gasteiger partial charge >= 0.3 is 0 Å². The summed E-state index contributed by atoms with van der Waals surface area (Å²) in [4.78, 5) is 11.7. The fourth-order valence-corrected chi connectivity index (χ4v) is 4.78. The molecule has 0 aromatic rings. The van der Waals surface area contributed by atoms with Gasteiger partial charge in [0.05, 0.1) is 5.75 Å². The molecular formula is C10H16O4S. The fraction of sp³-hybridized carbons (Fsp3) is 0.900. The Kier molecular flexibility index (Phi) is 2.09. The van der Waals surface area contributed by atoms with Crippen molar-refractivity contribution in [2.24, 2.45) is 16.7 Å². The van der Waals surface area contributed by atoms with E-state index in [9.17, 15) is 13.2 Å². The van der Waals surface area contributed by atoms with E-state index in [2.05, 4.69) is 0 Å². The maximum absolute atomic E-state index is 11.7. The quantitative estimate of drug-likeness (QED) is 0.728. The Hall–Kier alpha value is -0.420. The summed E-state index contributed by atoms with van der Waals surface area (Å²) in [5, 5.41) is 0. The highest BCUT2D eigenvalue weighted by Gasteiger charge is 2.64. The molecule has 5 heteroatoms. The lowest BCUT2D eigenvalue weighted by atomic mass is 9.71. The maximum atomic E-state index is 11.7. The van der Waals surface area contributed by atoms with Crippen molar-refractivity contribution in [3.05, 3.63) is 0 Å². The van der Waals surface area contributed by atoms with Crippen LogP contribution in [0.3, 0.4) is 0 Å². The van der Waals surface area contributed by atoms with E-state index in [0.29, 0.717) is 6.42 Å². The molecule has 0 spiro atoms. The number of carbonyl (C=O) groups is 1. The van der Waals surface area contributed by atoms with Crippen molar-refractivity contribution in [3.8, 4) is 0 Å². The first-order valence-electron chi connectivity index (χ1n) is 5.16. The molecule has 0 saturated heterocycles. The average Bonchev–Trinajstić information content (AvgIpc) is 2.29. The smallest absolute Gasteiger partial charge is 0.265 e. The van der Waals surface area contributed by atoms with Gasteiger partial charge in [-0.1, -0.05) is 13.8 Å². The summed E-state index contributed by atoms with van der Waals surface area (Å²) in [7, 11) is -4.00. The maximum Gasteiger partial charge on any atom is 0.265 e. The van der Waals surface area contributed by atoms with E-state index in [-0.39, 0.29) is 22.9 Å². The van der Waals surface area contributed by atoms with Gasteiger partial charge in [0.15, 0.2) is 0 Å². The molecule has 86 valence electrons. The Balaban J connectivity index is 2.40. The third kappa shape index (κ3) is 1.44. The second-order valence-corrected chi connectivity index (χ2v) is 6.92. The van der Waals surface area contributed by atoms with Crippen LogP contribution < -0.4 is 0 Å². The number of rotatable bonds is 2. The van der Waals surface area contributed by atoms with Gasteiger partial charge in [0.25, 0.3) is 10.1 Å². The van der Waals surface area contributed by atoms with E-state index in [1.807, 2.05) is 13.8 Å². The van der Waals surface area contributed by atoms with Crippen LogP contribution in [0.15, 0.2) is 0 Å². The van der Waals surface area contributed by atoms with Gasteiger partial charge < -0.3 is 0 Å². The van der Waals surface area contributed by atoms with E-state index in [1.165, 1.54) is 0 Å². The van der Waals surface area contributed by atoms with Crippen LogP contribution in [0.25, 0.3) is 0 Å². The molecule has 2 aliphatic rings. The van der Waals surface area contributed by atoms with Crippen LogP contribution in [0.2, 0.25) is 0 Å². The molecule has 0 aromatic carbocycles. The van der Waals surface area contributed by atoms with Crippen molar-refractivity contribution in [1.29, 1.82) is 0 Å². The van der Waals surface area contributed by atoms with Gasteiger partial charge in [-0.3, -0.25) is 9.35 Å². The first kappa shape index (κ1) is 11.1.